The minimum absolute atomic E-state index is 0.240. The van der Waals surface area contributed by atoms with Crippen molar-refractivity contribution in [2.45, 2.75) is 40.5 Å². The number of aryl methyl sites for hydroxylation is 2. The first-order valence-electron chi connectivity index (χ1n) is 6.91. The van der Waals surface area contributed by atoms with Crippen molar-refractivity contribution in [3.63, 3.8) is 0 Å². The van der Waals surface area contributed by atoms with Gasteiger partial charge in [0.15, 0.2) is 0 Å². The van der Waals surface area contributed by atoms with Gasteiger partial charge in [0.1, 0.15) is 5.82 Å². The van der Waals surface area contributed by atoms with E-state index < -0.39 is 0 Å². The standard InChI is InChI=1S/C16H20BrFN2/c1-6-19-16-12(8(2)3)10(5)20-15-9(4)7-11(17)14(18)13(15)16/h7-8H,6H2,1-5H3,(H,19,20). The molecule has 0 bridgehead atoms. The number of hydrogen-bond donors (Lipinski definition) is 1. The molecule has 1 heterocycles. The van der Waals surface area contributed by atoms with E-state index >= 15 is 0 Å². The van der Waals surface area contributed by atoms with E-state index in [1.807, 2.05) is 20.8 Å². The lowest BCUT2D eigenvalue weighted by molar-refractivity contribution is 0.632. The first-order chi connectivity index (χ1) is 9.38. The highest BCUT2D eigenvalue weighted by Gasteiger charge is 2.20. The molecule has 0 fully saturated rings. The minimum atomic E-state index is -0.240. The SMILES string of the molecule is CCNc1c(C(C)C)c(C)nc2c(C)cc(Br)c(F)c12. The number of anilines is 1. The van der Waals surface area contributed by atoms with Crippen LogP contribution in [0.25, 0.3) is 10.9 Å². The number of aromatic nitrogens is 1. The maximum Gasteiger partial charge on any atom is 0.148 e. The van der Waals surface area contributed by atoms with Crippen LogP contribution in [0.4, 0.5) is 10.1 Å². The van der Waals surface area contributed by atoms with Crippen LogP contribution in [0, 0.1) is 19.7 Å². The fourth-order valence-electron chi connectivity index (χ4n) is 2.72. The van der Waals surface area contributed by atoms with Gasteiger partial charge in [0.05, 0.1) is 21.1 Å². The average Bonchev–Trinajstić information content (AvgIpc) is 2.35. The van der Waals surface area contributed by atoms with Crippen molar-refractivity contribution >= 4 is 32.5 Å². The zero-order valence-corrected chi connectivity index (χ0v) is 14.2. The van der Waals surface area contributed by atoms with E-state index in [9.17, 15) is 4.39 Å². The average molecular weight is 339 g/mol. The van der Waals surface area contributed by atoms with Gasteiger partial charge in [-0.2, -0.15) is 0 Å². The summed E-state index contributed by atoms with van der Waals surface area (Å²) in [6.07, 6.45) is 0. The predicted octanol–water partition coefficient (Wildman–Crippen LogP) is 5.31. The first-order valence-corrected chi connectivity index (χ1v) is 7.70. The summed E-state index contributed by atoms with van der Waals surface area (Å²) >= 11 is 3.30. The molecule has 0 amide bonds. The molecule has 0 aliphatic rings. The summed E-state index contributed by atoms with van der Waals surface area (Å²) in [7, 11) is 0. The van der Waals surface area contributed by atoms with Crippen molar-refractivity contribution in [1.82, 2.24) is 4.98 Å². The Balaban J connectivity index is 2.99. The molecule has 0 aliphatic carbocycles. The molecule has 1 N–H and O–H groups in total. The van der Waals surface area contributed by atoms with Gasteiger partial charge < -0.3 is 5.32 Å². The molecule has 1 aromatic heterocycles. The summed E-state index contributed by atoms with van der Waals surface area (Å²) in [5.74, 6) is 0.0515. The second-order valence-electron chi connectivity index (χ2n) is 5.38. The minimum Gasteiger partial charge on any atom is -0.384 e. The van der Waals surface area contributed by atoms with Gasteiger partial charge in [-0.25, -0.2) is 4.39 Å². The third-order valence-electron chi connectivity index (χ3n) is 3.50. The fraction of sp³-hybridized carbons (Fsp3) is 0.438. The van der Waals surface area contributed by atoms with E-state index in [1.165, 1.54) is 0 Å². The van der Waals surface area contributed by atoms with Crippen molar-refractivity contribution < 1.29 is 4.39 Å². The Morgan fingerprint density at radius 3 is 2.55 bits per heavy atom. The van der Waals surface area contributed by atoms with Crippen molar-refractivity contribution in [2.75, 3.05) is 11.9 Å². The molecule has 0 saturated heterocycles. The maximum atomic E-state index is 14.6. The summed E-state index contributed by atoms with van der Waals surface area (Å²) in [5, 5.41) is 3.93. The third kappa shape index (κ3) is 2.41. The predicted molar refractivity (Wildman–Crippen MR) is 87.1 cm³/mol. The van der Waals surface area contributed by atoms with Gasteiger partial charge in [0, 0.05) is 12.2 Å². The Morgan fingerprint density at radius 1 is 1.35 bits per heavy atom. The highest BCUT2D eigenvalue weighted by atomic mass is 79.9. The molecule has 2 nitrogen and oxygen atoms in total. The van der Waals surface area contributed by atoms with E-state index in [2.05, 4.69) is 40.1 Å². The topological polar surface area (TPSA) is 24.9 Å². The zero-order chi connectivity index (χ0) is 15.0. The first kappa shape index (κ1) is 15.2. The van der Waals surface area contributed by atoms with Crippen LogP contribution in [0.15, 0.2) is 10.5 Å². The van der Waals surface area contributed by atoms with Crippen LogP contribution < -0.4 is 5.32 Å². The summed E-state index contributed by atoms with van der Waals surface area (Å²) < 4.78 is 15.1. The lowest BCUT2D eigenvalue weighted by Gasteiger charge is -2.20. The number of benzene rings is 1. The Labute approximate surface area is 127 Å². The molecule has 0 aliphatic heterocycles. The number of nitrogens with zero attached hydrogens (tertiary/aromatic N) is 1. The number of fused-ring (bicyclic) bond motifs is 1. The Hall–Kier alpha value is -1.16. The van der Waals surface area contributed by atoms with Crippen LogP contribution in [-0.2, 0) is 0 Å². The maximum absolute atomic E-state index is 14.6. The zero-order valence-electron chi connectivity index (χ0n) is 12.6. The third-order valence-corrected chi connectivity index (χ3v) is 4.08. The molecule has 2 rings (SSSR count). The van der Waals surface area contributed by atoms with Gasteiger partial charge in [-0.05, 0) is 59.8 Å². The Bertz CT molecular complexity index is 666. The van der Waals surface area contributed by atoms with Crippen LogP contribution in [0.2, 0.25) is 0 Å². The van der Waals surface area contributed by atoms with Gasteiger partial charge in [-0.15, -0.1) is 0 Å². The number of hydrogen-bond acceptors (Lipinski definition) is 2. The molecule has 1 aromatic carbocycles. The van der Waals surface area contributed by atoms with E-state index in [0.717, 1.165) is 34.6 Å². The van der Waals surface area contributed by atoms with E-state index in [0.29, 0.717) is 15.8 Å². The molecule has 2 aromatic rings. The fourth-order valence-corrected chi connectivity index (χ4v) is 3.27. The second kappa shape index (κ2) is 5.68. The van der Waals surface area contributed by atoms with E-state index in [1.54, 1.807) is 6.07 Å². The van der Waals surface area contributed by atoms with E-state index in [4.69, 9.17) is 0 Å². The second-order valence-corrected chi connectivity index (χ2v) is 6.24. The highest BCUT2D eigenvalue weighted by molar-refractivity contribution is 9.10. The largest absolute Gasteiger partial charge is 0.384 e. The van der Waals surface area contributed by atoms with Gasteiger partial charge in [-0.1, -0.05) is 13.8 Å². The molecule has 0 unspecified atom stereocenters. The van der Waals surface area contributed by atoms with E-state index in [-0.39, 0.29) is 5.82 Å². The Kier molecular flexibility index (Phi) is 4.33. The quantitative estimate of drug-likeness (QED) is 0.820. The summed E-state index contributed by atoms with van der Waals surface area (Å²) in [6.45, 7) is 11.0. The van der Waals surface area contributed by atoms with Crippen LogP contribution in [0.3, 0.4) is 0 Å². The molecular formula is C16H20BrFN2. The van der Waals surface area contributed by atoms with Gasteiger partial charge in [-0.3, -0.25) is 4.98 Å². The van der Waals surface area contributed by atoms with Crippen LogP contribution in [-0.4, -0.2) is 11.5 Å². The molecule has 20 heavy (non-hydrogen) atoms. The smallest absolute Gasteiger partial charge is 0.148 e. The Morgan fingerprint density at radius 2 is 2.00 bits per heavy atom. The van der Waals surface area contributed by atoms with Crippen LogP contribution in [0.5, 0.6) is 0 Å². The summed E-state index contributed by atoms with van der Waals surface area (Å²) in [6, 6.07) is 1.79. The highest BCUT2D eigenvalue weighted by Crippen LogP contribution is 2.38. The van der Waals surface area contributed by atoms with Gasteiger partial charge >= 0.3 is 0 Å². The number of pyridine rings is 1. The number of halogens is 2. The molecule has 0 atom stereocenters. The van der Waals surface area contributed by atoms with Gasteiger partial charge in [0.2, 0.25) is 0 Å². The lowest BCUT2D eigenvalue weighted by Crippen LogP contribution is -2.08. The number of nitrogens with one attached hydrogen (secondary N) is 1. The number of rotatable bonds is 3. The molecule has 0 saturated carbocycles. The molecule has 0 spiro atoms. The summed E-state index contributed by atoms with van der Waals surface area (Å²) in [5.41, 5.74) is 4.66. The summed E-state index contributed by atoms with van der Waals surface area (Å²) in [4.78, 5) is 4.64. The van der Waals surface area contributed by atoms with Crippen molar-refractivity contribution in [1.29, 1.82) is 0 Å². The molecular weight excluding hydrogens is 319 g/mol. The lowest BCUT2D eigenvalue weighted by atomic mass is 9.95. The molecule has 0 radical (unpaired) electrons. The van der Waals surface area contributed by atoms with Gasteiger partial charge in [0.25, 0.3) is 0 Å². The normalized spacial score (nSPS) is 11.4. The van der Waals surface area contributed by atoms with Crippen molar-refractivity contribution in [3.8, 4) is 0 Å². The van der Waals surface area contributed by atoms with Crippen molar-refractivity contribution in [2.24, 2.45) is 0 Å². The monoisotopic (exact) mass is 338 g/mol. The van der Waals surface area contributed by atoms with Crippen LogP contribution in [0.1, 0.15) is 43.5 Å². The molecule has 4 heteroatoms. The van der Waals surface area contributed by atoms with Crippen LogP contribution >= 0.6 is 15.9 Å². The molecule has 108 valence electrons. The van der Waals surface area contributed by atoms with Crippen molar-refractivity contribution in [3.05, 3.63) is 33.2 Å².